The van der Waals surface area contributed by atoms with Crippen molar-refractivity contribution in [1.82, 2.24) is 30.1 Å². The number of ether oxygens (including phenoxy) is 2. The first kappa shape index (κ1) is 36.4. The molecule has 2 N–H and O–H groups in total. The third-order valence-electron chi connectivity index (χ3n) is 9.98. The van der Waals surface area contributed by atoms with Gasteiger partial charge in [-0.3, -0.25) is 19.2 Å². The van der Waals surface area contributed by atoms with Gasteiger partial charge in [0.25, 0.3) is 0 Å². The second-order valence-corrected chi connectivity index (χ2v) is 14.3. The van der Waals surface area contributed by atoms with Gasteiger partial charge in [-0.25, -0.2) is 4.68 Å². The number of hydrogen-bond donors (Lipinski definition) is 2. The maximum Gasteiger partial charge on any atom is 0.313 e. The molecule has 1 unspecified atom stereocenters. The first-order chi connectivity index (χ1) is 24.7. The van der Waals surface area contributed by atoms with Gasteiger partial charge in [0.1, 0.15) is 29.9 Å². The Balaban J connectivity index is 1.31. The van der Waals surface area contributed by atoms with E-state index < -0.39 is 41.7 Å². The Kier molecular flexibility index (Phi) is 11.3. The summed E-state index contributed by atoms with van der Waals surface area (Å²) >= 11 is 3.72. The van der Waals surface area contributed by atoms with Crippen molar-refractivity contribution in [3.05, 3.63) is 85.5 Å². The first-order valence-electron chi connectivity index (χ1n) is 17.3. The lowest BCUT2D eigenvalue weighted by molar-refractivity contribution is -0.160. The summed E-state index contributed by atoms with van der Waals surface area (Å²) in [7, 11) is 0. The number of nitrogens with one attached hydrogen (secondary N) is 1. The van der Waals surface area contributed by atoms with Gasteiger partial charge in [-0.1, -0.05) is 75.8 Å². The van der Waals surface area contributed by atoms with Crippen molar-refractivity contribution >= 4 is 50.7 Å². The highest BCUT2D eigenvalue weighted by atomic mass is 79.9. The number of esters is 1. The Morgan fingerprint density at radius 3 is 2.65 bits per heavy atom. The number of carbonyl (C=O) groups is 4. The van der Waals surface area contributed by atoms with E-state index in [0.717, 1.165) is 5.52 Å². The number of fused-ring (bicyclic) bond motifs is 2. The molecule has 14 heteroatoms. The van der Waals surface area contributed by atoms with E-state index in [1.54, 1.807) is 21.7 Å². The number of para-hydroxylation sites is 1. The normalized spacial score (nSPS) is 25.4. The fourth-order valence-electron chi connectivity index (χ4n) is 7.68. The van der Waals surface area contributed by atoms with Crippen molar-refractivity contribution in [3.8, 4) is 0 Å². The maximum absolute atomic E-state index is 14.8. The molecule has 3 aliphatic heterocycles. The van der Waals surface area contributed by atoms with Gasteiger partial charge in [0.05, 0.1) is 30.0 Å². The molecule has 3 aromatic rings. The van der Waals surface area contributed by atoms with Crippen LogP contribution in [0.1, 0.15) is 43.8 Å². The van der Waals surface area contributed by atoms with Crippen LogP contribution in [0.5, 0.6) is 0 Å². The number of aliphatic hydroxyl groups is 1. The van der Waals surface area contributed by atoms with Gasteiger partial charge in [0, 0.05) is 30.9 Å². The number of aromatic nitrogens is 3. The highest BCUT2D eigenvalue weighted by Gasteiger charge is 2.77. The highest BCUT2D eigenvalue weighted by Crippen LogP contribution is 2.60. The van der Waals surface area contributed by atoms with Crippen molar-refractivity contribution in [2.45, 2.75) is 67.5 Å². The van der Waals surface area contributed by atoms with E-state index in [1.807, 2.05) is 54.6 Å². The average molecular weight is 764 g/mol. The SMILES string of the molecule is C=CCCC(=O)NC[C@H](OC(=O)[C@@H]1[C@H]2O[C@@]3(CC2Br)[C@H](C(=O)N(CC=C)Cn2nnc4ccccc42)N(CCCCO)C(=O)[C@@H]13)c1ccccc1. The molecule has 3 aliphatic rings. The number of nitrogens with zero attached hydrogens (tertiary/aromatic N) is 5. The smallest absolute Gasteiger partial charge is 0.313 e. The van der Waals surface area contributed by atoms with Gasteiger partial charge in [-0.05, 0) is 43.4 Å². The van der Waals surface area contributed by atoms with Crippen LogP contribution in [0.3, 0.4) is 0 Å². The lowest BCUT2D eigenvalue weighted by Gasteiger charge is -2.37. The Hall–Kier alpha value is -4.40. The van der Waals surface area contributed by atoms with Crippen LogP contribution in [0.4, 0.5) is 0 Å². The summed E-state index contributed by atoms with van der Waals surface area (Å²) in [6.07, 6.45) is 3.66. The van der Waals surface area contributed by atoms with Gasteiger partial charge in [0.15, 0.2) is 0 Å². The number of alkyl halides is 1. The van der Waals surface area contributed by atoms with Crippen molar-refractivity contribution in [2.24, 2.45) is 11.8 Å². The summed E-state index contributed by atoms with van der Waals surface area (Å²) in [6, 6.07) is 15.5. The second kappa shape index (κ2) is 15.9. The monoisotopic (exact) mass is 762 g/mol. The first-order valence-corrected chi connectivity index (χ1v) is 18.2. The number of benzene rings is 2. The van der Waals surface area contributed by atoms with Gasteiger partial charge in [-0.2, -0.15) is 0 Å². The molecule has 13 nitrogen and oxygen atoms in total. The highest BCUT2D eigenvalue weighted by molar-refractivity contribution is 9.09. The molecule has 4 heterocycles. The second-order valence-electron chi connectivity index (χ2n) is 13.2. The molecule has 0 radical (unpaired) electrons. The number of amides is 3. The number of halogens is 1. The molecule has 3 saturated heterocycles. The number of hydrogen-bond acceptors (Lipinski definition) is 9. The molecule has 6 rings (SSSR count). The molecule has 7 atom stereocenters. The van der Waals surface area contributed by atoms with E-state index in [-0.39, 0.29) is 61.9 Å². The number of carbonyl (C=O) groups excluding carboxylic acids is 4. The summed E-state index contributed by atoms with van der Waals surface area (Å²) in [5.74, 6) is -3.57. The summed E-state index contributed by atoms with van der Waals surface area (Å²) < 4.78 is 14.5. The van der Waals surface area contributed by atoms with Gasteiger partial charge >= 0.3 is 5.97 Å². The van der Waals surface area contributed by atoms with Gasteiger partial charge in [0.2, 0.25) is 17.7 Å². The summed E-state index contributed by atoms with van der Waals surface area (Å²) in [5, 5.41) is 20.9. The Labute approximate surface area is 304 Å². The Bertz CT molecular complexity index is 1770. The predicted octanol–water partition coefficient (Wildman–Crippen LogP) is 3.29. The van der Waals surface area contributed by atoms with Crippen molar-refractivity contribution < 1.29 is 33.8 Å². The average Bonchev–Trinajstić information content (AvgIpc) is 3.86. The molecule has 3 fully saturated rings. The van der Waals surface area contributed by atoms with E-state index in [1.165, 1.54) is 4.90 Å². The molecular weight excluding hydrogens is 720 g/mol. The van der Waals surface area contributed by atoms with Crippen LogP contribution >= 0.6 is 15.9 Å². The topological polar surface area (TPSA) is 156 Å². The van der Waals surface area contributed by atoms with E-state index >= 15 is 0 Å². The Morgan fingerprint density at radius 1 is 1.14 bits per heavy atom. The van der Waals surface area contributed by atoms with Crippen LogP contribution in [0.25, 0.3) is 11.0 Å². The fourth-order valence-corrected chi connectivity index (χ4v) is 8.63. The van der Waals surface area contributed by atoms with Crippen LogP contribution in [0.15, 0.2) is 79.9 Å². The van der Waals surface area contributed by atoms with E-state index in [9.17, 15) is 24.3 Å². The molecular formula is C37H43BrN6O7. The van der Waals surface area contributed by atoms with Crippen molar-refractivity contribution in [3.63, 3.8) is 0 Å². The Morgan fingerprint density at radius 2 is 1.90 bits per heavy atom. The fraction of sp³-hybridized carbons (Fsp3) is 0.459. The standard InChI is InChI=1S/C37H43BrN6O7/c1-3-5-17-29(46)39-22-28(24-13-7-6-8-14-24)50-36(49)30-31-34(47)43(19-11-12-20-45)33(37(31)21-25(38)32(30)51-37)35(48)42(18-4-2)23-44-27-16-10-9-15-26(27)40-41-44/h3-4,6-10,13-16,25,28,30-33,45H,1-2,5,11-12,17-23H2,(H,39,46)/t25?,28-,30-,31+,32-,33-,37+/m0/s1. The molecule has 1 aromatic heterocycles. The molecule has 51 heavy (non-hydrogen) atoms. The minimum absolute atomic E-state index is 0.0351. The van der Waals surface area contributed by atoms with Crippen LogP contribution in [-0.4, -0.2) is 102 Å². The number of aliphatic hydroxyl groups excluding tert-OH is 1. The minimum atomic E-state index is -1.32. The van der Waals surface area contributed by atoms with Crippen molar-refractivity contribution in [2.75, 3.05) is 26.2 Å². The summed E-state index contributed by atoms with van der Waals surface area (Å²) in [5.41, 5.74) is 0.779. The molecule has 1 spiro atoms. The van der Waals surface area contributed by atoms with E-state index in [2.05, 4.69) is 44.7 Å². The predicted molar refractivity (Wildman–Crippen MR) is 191 cm³/mol. The van der Waals surface area contributed by atoms with Crippen LogP contribution in [0, 0.1) is 11.8 Å². The van der Waals surface area contributed by atoms with Crippen molar-refractivity contribution in [1.29, 1.82) is 0 Å². The van der Waals surface area contributed by atoms with E-state index in [0.29, 0.717) is 36.8 Å². The largest absolute Gasteiger partial charge is 0.455 e. The van der Waals surface area contributed by atoms with Crippen LogP contribution in [0.2, 0.25) is 0 Å². The summed E-state index contributed by atoms with van der Waals surface area (Å²) in [6.45, 7) is 7.89. The molecule has 270 valence electrons. The third kappa shape index (κ3) is 7.09. The number of unbranched alkanes of at least 4 members (excludes halogenated alkanes) is 1. The van der Waals surface area contributed by atoms with Crippen LogP contribution < -0.4 is 5.32 Å². The van der Waals surface area contributed by atoms with Crippen LogP contribution in [-0.2, 0) is 35.3 Å². The third-order valence-corrected chi connectivity index (χ3v) is 10.8. The minimum Gasteiger partial charge on any atom is -0.455 e. The quantitative estimate of drug-likeness (QED) is 0.0913. The number of rotatable bonds is 17. The van der Waals surface area contributed by atoms with E-state index in [4.69, 9.17) is 9.47 Å². The molecule has 3 amide bonds. The number of likely N-dealkylation sites (tertiary alicyclic amines) is 1. The zero-order chi connectivity index (χ0) is 36.1. The zero-order valence-corrected chi connectivity index (χ0v) is 29.9. The molecule has 0 saturated carbocycles. The lowest BCUT2D eigenvalue weighted by Crippen LogP contribution is -2.57. The summed E-state index contributed by atoms with van der Waals surface area (Å²) in [4.78, 5) is 58.9. The zero-order valence-electron chi connectivity index (χ0n) is 28.3. The molecule has 0 aliphatic carbocycles. The van der Waals surface area contributed by atoms with Gasteiger partial charge in [-0.15, -0.1) is 18.3 Å². The number of allylic oxidation sites excluding steroid dienone is 1. The maximum atomic E-state index is 14.8. The lowest BCUT2D eigenvalue weighted by atomic mass is 9.70. The molecule has 2 aromatic carbocycles. The molecule has 2 bridgehead atoms. The van der Waals surface area contributed by atoms with Gasteiger partial charge < -0.3 is 29.7 Å².